The topological polar surface area (TPSA) is 52.3 Å². The fraction of sp³-hybridized carbons (Fsp3) is 0.308. The van der Waals surface area contributed by atoms with E-state index >= 15 is 0 Å². The van der Waals surface area contributed by atoms with Gasteiger partial charge in [-0.3, -0.25) is 4.79 Å². The number of Topliss-reactive ketones (excluding diaryl/α,β-unsaturated/α-hetero) is 1. The van der Waals surface area contributed by atoms with E-state index in [0.717, 1.165) is 18.4 Å². The maximum atomic E-state index is 12.0. The minimum atomic E-state index is -0.575. The number of rotatable bonds is 3. The van der Waals surface area contributed by atoms with Crippen molar-refractivity contribution in [3.63, 3.8) is 0 Å². The highest BCUT2D eigenvalue weighted by Gasteiger charge is 2.21. The van der Waals surface area contributed by atoms with Crippen molar-refractivity contribution in [3.8, 4) is 0 Å². The molecule has 0 spiro atoms. The fourth-order valence-electron chi connectivity index (χ4n) is 1.76. The van der Waals surface area contributed by atoms with Crippen LogP contribution in [-0.4, -0.2) is 12.4 Å². The summed E-state index contributed by atoms with van der Waals surface area (Å²) in [5.74, 6) is -0.0362. The first-order valence-electron chi connectivity index (χ1n) is 5.44. The second-order valence-corrected chi connectivity index (χ2v) is 3.87. The molecule has 0 aliphatic carbocycles. The predicted octanol–water partition coefficient (Wildman–Crippen LogP) is 1.95. The number of carbonyl (C=O) groups is 1. The van der Waals surface area contributed by atoms with Crippen LogP contribution in [0.2, 0.25) is 0 Å². The number of ketones is 1. The second-order valence-electron chi connectivity index (χ2n) is 3.87. The van der Waals surface area contributed by atoms with E-state index in [1.54, 1.807) is 6.26 Å². The Morgan fingerprint density at radius 2 is 2.06 bits per heavy atom. The molecule has 1 aliphatic rings. The van der Waals surface area contributed by atoms with Crippen LogP contribution in [0.15, 0.2) is 42.2 Å². The number of carbonyl (C=O) groups excluding carboxylic acids is 1. The zero-order valence-electron chi connectivity index (χ0n) is 9.06. The zero-order chi connectivity index (χ0) is 11.4. The van der Waals surface area contributed by atoms with E-state index in [4.69, 9.17) is 10.5 Å². The summed E-state index contributed by atoms with van der Waals surface area (Å²) in [6.45, 7) is 0.692. The molecule has 3 nitrogen and oxygen atoms in total. The normalized spacial score (nSPS) is 17.2. The summed E-state index contributed by atoms with van der Waals surface area (Å²) in [6, 6.07) is 8.83. The number of hydrogen-bond donors (Lipinski definition) is 1. The minimum Gasteiger partial charge on any atom is -0.501 e. The molecule has 0 fully saturated rings. The van der Waals surface area contributed by atoms with Crippen LogP contribution in [0.5, 0.6) is 0 Å². The van der Waals surface area contributed by atoms with E-state index in [0.29, 0.717) is 12.2 Å². The Morgan fingerprint density at radius 1 is 1.31 bits per heavy atom. The third-order valence-electron chi connectivity index (χ3n) is 2.69. The number of nitrogens with two attached hydrogens (primary N) is 1. The van der Waals surface area contributed by atoms with Gasteiger partial charge in [-0.15, -0.1) is 0 Å². The third-order valence-corrected chi connectivity index (χ3v) is 2.69. The van der Waals surface area contributed by atoms with E-state index in [-0.39, 0.29) is 5.78 Å². The Morgan fingerprint density at radius 3 is 2.69 bits per heavy atom. The summed E-state index contributed by atoms with van der Waals surface area (Å²) in [5, 5.41) is 0. The fourth-order valence-corrected chi connectivity index (χ4v) is 1.76. The SMILES string of the molecule is N[C@@H](C(=O)C1=COCCC1)c1ccccc1. The lowest BCUT2D eigenvalue weighted by molar-refractivity contribution is -0.117. The molecule has 16 heavy (non-hydrogen) atoms. The smallest absolute Gasteiger partial charge is 0.183 e. The van der Waals surface area contributed by atoms with Gasteiger partial charge in [-0.2, -0.15) is 0 Å². The minimum absolute atomic E-state index is 0.0362. The van der Waals surface area contributed by atoms with Crippen LogP contribution >= 0.6 is 0 Å². The van der Waals surface area contributed by atoms with Crippen LogP contribution in [0, 0.1) is 0 Å². The lowest BCUT2D eigenvalue weighted by atomic mass is 9.96. The molecule has 84 valence electrons. The second kappa shape index (κ2) is 4.94. The van der Waals surface area contributed by atoms with E-state index in [2.05, 4.69) is 0 Å². The molecule has 0 unspecified atom stereocenters. The highest BCUT2D eigenvalue weighted by molar-refractivity contribution is 5.99. The van der Waals surface area contributed by atoms with Gasteiger partial charge in [-0.1, -0.05) is 30.3 Å². The van der Waals surface area contributed by atoms with Gasteiger partial charge in [0.2, 0.25) is 0 Å². The largest absolute Gasteiger partial charge is 0.501 e. The molecule has 2 rings (SSSR count). The zero-order valence-corrected chi connectivity index (χ0v) is 9.06. The van der Waals surface area contributed by atoms with Crippen molar-refractivity contribution in [3.05, 3.63) is 47.7 Å². The van der Waals surface area contributed by atoms with Crippen LogP contribution in [0.1, 0.15) is 24.4 Å². The van der Waals surface area contributed by atoms with Gasteiger partial charge < -0.3 is 10.5 Å². The molecule has 0 aromatic heterocycles. The average molecular weight is 217 g/mol. The van der Waals surface area contributed by atoms with Gasteiger partial charge >= 0.3 is 0 Å². The average Bonchev–Trinajstić information content (AvgIpc) is 2.39. The van der Waals surface area contributed by atoms with Crippen molar-refractivity contribution >= 4 is 5.78 Å². The van der Waals surface area contributed by atoms with Crippen molar-refractivity contribution < 1.29 is 9.53 Å². The van der Waals surface area contributed by atoms with Crippen molar-refractivity contribution in [2.24, 2.45) is 5.73 Å². The summed E-state index contributed by atoms with van der Waals surface area (Å²) in [6.07, 6.45) is 3.20. The molecule has 1 heterocycles. The van der Waals surface area contributed by atoms with Gasteiger partial charge in [-0.05, 0) is 18.4 Å². The molecule has 2 N–H and O–H groups in total. The molecule has 1 aliphatic heterocycles. The lowest BCUT2D eigenvalue weighted by Gasteiger charge is -2.16. The van der Waals surface area contributed by atoms with E-state index in [1.807, 2.05) is 30.3 Å². The Labute approximate surface area is 94.9 Å². The van der Waals surface area contributed by atoms with E-state index in [9.17, 15) is 4.79 Å². The van der Waals surface area contributed by atoms with Crippen LogP contribution in [0.4, 0.5) is 0 Å². The van der Waals surface area contributed by atoms with E-state index in [1.165, 1.54) is 0 Å². The van der Waals surface area contributed by atoms with Gasteiger partial charge in [0.05, 0.1) is 18.9 Å². The lowest BCUT2D eigenvalue weighted by Crippen LogP contribution is -2.24. The third kappa shape index (κ3) is 2.31. The number of benzene rings is 1. The molecular weight excluding hydrogens is 202 g/mol. The molecule has 0 saturated carbocycles. The molecule has 0 amide bonds. The van der Waals surface area contributed by atoms with Crippen molar-refractivity contribution in [2.45, 2.75) is 18.9 Å². The maximum absolute atomic E-state index is 12.0. The Hall–Kier alpha value is -1.61. The van der Waals surface area contributed by atoms with Crippen LogP contribution in [0.3, 0.4) is 0 Å². The van der Waals surface area contributed by atoms with Crippen LogP contribution < -0.4 is 5.73 Å². The number of hydrogen-bond acceptors (Lipinski definition) is 3. The van der Waals surface area contributed by atoms with Crippen molar-refractivity contribution in [1.82, 2.24) is 0 Å². The van der Waals surface area contributed by atoms with Gasteiger partial charge in [0.25, 0.3) is 0 Å². The molecule has 0 radical (unpaired) electrons. The van der Waals surface area contributed by atoms with Gasteiger partial charge in [0, 0.05) is 5.57 Å². The van der Waals surface area contributed by atoms with Crippen LogP contribution in [0.25, 0.3) is 0 Å². The van der Waals surface area contributed by atoms with Gasteiger partial charge in [0.1, 0.15) is 0 Å². The summed E-state index contributed by atoms with van der Waals surface area (Å²) in [7, 11) is 0. The Balaban J connectivity index is 2.13. The summed E-state index contributed by atoms with van der Waals surface area (Å²) in [4.78, 5) is 12.0. The molecule has 1 atom stereocenters. The Bertz CT molecular complexity index is 398. The van der Waals surface area contributed by atoms with Gasteiger partial charge in [-0.25, -0.2) is 0 Å². The van der Waals surface area contributed by atoms with Crippen LogP contribution in [-0.2, 0) is 9.53 Å². The first-order chi connectivity index (χ1) is 7.79. The molecular formula is C13H15NO2. The van der Waals surface area contributed by atoms with Gasteiger partial charge in [0.15, 0.2) is 5.78 Å². The highest BCUT2D eigenvalue weighted by Crippen LogP contribution is 2.20. The van der Waals surface area contributed by atoms with E-state index < -0.39 is 6.04 Å². The summed E-state index contributed by atoms with van der Waals surface area (Å²) < 4.78 is 5.15. The monoisotopic (exact) mass is 217 g/mol. The highest BCUT2D eigenvalue weighted by atomic mass is 16.5. The molecule has 3 heteroatoms. The quantitative estimate of drug-likeness (QED) is 0.841. The summed E-state index contributed by atoms with van der Waals surface area (Å²) in [5.41, 5.74) is 7.47. The Kier molecular flexibility index (Phi) is 3.37. The van der Waals surface area contributed by atoms with Crippen molar-refractivity contribution in [1.29, 1.82) is 0 Å². The van der Waals surface area contributed by atoms with Crippen molar-refractivity contribution in [2.75, 3.05) is 6.61 Å². The molecule has 0 bridgehead atoms. The molecule has 1 aromatic carbocycles. The first-order valence-corrected chi connectivity index (χ1v) is 5.44. The summed E-state index contributed by atoms with van der Waals surface area (Å²) >= 11 is 0. The standard InChI is InChI=1S/C13H15NO2/c14-12(10-5-2-1-3-6-10)13(15)11-7-4-8-16-9-11/h1-3,5-6,9,12H,4,7-8,14H2/t12-/m1/s1. The predicted molar refractivity (Wildman–Crippen MR) is 61.6 cm³/mol. The molecule has 1 aromatic rings. The number of ether oxygens (including phenoxy) is 1. The maximum Gasteiger partial charge on any atom is 0.183 e. The molecule has 0 saturated heterocycles. The first kappa shape index (κ1) is 10.9.